The predicted octanol–water partition coefficient (Wildman–Crippen LogP) is 3.13. The number of ether oxygens (including phenoxy) is 1. The molecular weight excluding hydrogens is 332 g/mol. The summed E-state index contributed by atoms with van der Waals surface area (Å²) in [5.74, 6) is 2.82. The molecule has 0 aliphatic heterocycles. The lowest BCUT2D eigenvalue weighted by Gasteiger charge is -2.06. The number of tetrazole rings is 1. The van der Waals surface area contributed by atoms with Crippen LogP contribution < -0.4 is 4.74 Å². The Morgan fingerprint density at radius 2 is 2.08 bits per heavy atom. The molecule has 8 heteroatoms. The Morgan fingerprint density at radius 1 is 1.23 bits per heavy atom. The fraction of sp³-hybridized carbons (Fsp3) is 0.389. The maximum absolute atomic E-state index is 5.61. The standard InChI is InChI=1S/C18H22N6O2/c1-5-24-22-17(20-23-24)14-9-10-15(25-4)13(11-14)7-6-8-16-19-21-18(26-16)12(2)3/h6-7,9-12H,5,8H2,1-4H3/b7-6+. The second-order valence-corrected chi connectivity index (χ2v) is 6.05. The van der Waals surface area contributed by atoms with Gasteiger partial charge >= 0.3 is 0 Å². The Morgan fingerprint density at radius 3 is 2.73 bits per heavy atom. The lowest BCUT2D eigenvalue weighted by Crippen LogP contribution is -1.98. The summed E-state index contributed by atoms with van der Waals surface area (Å²) in [6.07, 6.45) is 4.48. The van der Waals surface area contributed by atoms with Gasteiger partial charge in [-0.3, -0.25) is 0 Å². The lowest BCUT2D eigenvalue weighted by atomic mass is 10.1. The van der Waals surface area contributed by atoms with Crippen molar-refractivity contribution in [1.29, 1.82) is 0 Å². The predicted molar refractivity (Wildman–Crippen MR) is 96.6 cm³/mol. The van der Waals surface area contributed by atoms with Crippen molar-refractivity contribution in [3.8, 4) is 17.1 Å². The number of nitrogens with zero attached hydrogens (tertiary/aromatic N) is 6. The number of methoxy groups -OCH3 is 1. The van der Waals surface area contributed by atoms with Crippen LogP contribution in [-0.4, -0.2) is 37.5 Å². The Kier molecular flexibility index (Phi) is 5.40. The zero-order valence-corrected chi connectivity index (χ0v) is 15.4. The number of hydrogen-bond acceptors (Lipinski definition) is 7. The fourth-order valence-corrected chi connectivity index (χ4v) is 2.37. The molecule has 2 aromatic heterocycles. The van der Waals surface area contributed by atoms with Crippen molar-refractivity contribution in [1.82, 2.24) is 30.4 Å². The van der Waals surface area contributed by atoms with Crippen molar-refractivity contribution in [3.63, 3.8) is 0 Å². The van der Waals surface area contributed by atoms with Crippen LogP contribution in [0.4, 0.5) is 0 Å². The smallest absolute Gasteiger partial charge is 0.220 e. The van der Waals surface area contributed by atoms with E-state index in [2.05, 4.69) is 25.6 Å². The molecule has 0 aliphatic carbocycles. The Bertz CT molecular complexity index is 897. The van der Waals surface area contributed by atoms with Gasteiger partial charge in [0.15, 0.2) is 0 Å². The summed E-state index contributed by atoms with van der Waals surface area (Å²) in [4.78, 5) is 1.55. The fourth-order valence-electron chi connectivity index (χ4n) is 2.37. The molecule has 0 aliphatic rings. The number of aromatic nitrogens is 6. The second kappa shape index (κ2) is 7.90. The van der Waals surface area contributed by atoms with Crippen LogP contribution in [0.15, 0.2) is 28.7 Å². The average Bonchev–Trinajstić information content (AvgIpc) is 3.31. The Hall–Kier alpha value is -3.03. The number of hydrogen-bond donors (Lipinski definition) is 0. The molecule has 136 valence electrons. The van der Waals surface area contributed by atoms with Gasteiger partial charge in [0.2, 0.25) is 17.6 Å². The minimum absolute atomic E-state index is 0.223. The van der Waals surface area contributed by atoms with Gasteiger partial charge in [0.1, 0.15) is 5.75 Å². The molecule has 3 rings (SSSR count). The van der Waals surface area contributed by atoms with Crippen LogP contribution in [0.2, 0.25) is 0 Å². The number of allylic oxidation sites excluding steroid dienone is 1. The van der Waals surface area contributed by atoms with Gasteiger partial charge in [-0.05, 0) is 30.3 Å². The van der Waals surface area contributed by atoms with E-state index in [1.807, 2.05) is 51.1 Å². The summed E-state index contributed by atoms with van der Waals surface area (Å²) < 4.78 is 11.0. The number of aryl methyl sites for hydroxylation is 1. The van der Waals surface area contributed by atoms with Crippen molar-refractivity contribution in [2.75, 3.05) is 7.11 Å². The first-order valence-electron chi connectivity index (χ1n) is 8.55. The minimum atomic E-state index is 0.223. The molecule has 0 amide bonds. The van der Waals surface area contributed by atoms with Crippen LogP contribution in [0.5, 0.6) is 5.75 Å². The topological polar surface area (TPSA) is 91.8 Å². The first-order chi connectivity index (χ1) is 12.6. The quantitative estimate of drug-likeness (QED) is 0.643. The normalized spacial score (nSPS) is 11.6. The molecule has 0 unspecified atom stereocenters. The van der Waals surface area contributed by atoms with Crippen molar-refractivity contribution < 1.29 is 9.15 Å². The molecule has 8 nitrogen and oxygen atoms in total. The molecule has 0 radical (unpaired) electrons. The zero-order chi connectivity index (χ0) is 18.5. The highest BCUT2D eigenvalue weighted by Gasteiger charge is 2.10. The van der Waals surface area contributed by atoms with Crippen molar-refractivity contribution >= 4 is 6.08 Å². The molecule has 0 N–H and O–H groups in total. The molecule has 0 fully saturated rings. The van der Waals surface area contributed by atoms with E-state index in [0.717, 1.165) is 16.9 Å². The van der Waals surface area contributed by atoms with Gasteiger partial charge in [0.05, 0.1) is 13.7 Å². The van der Waals surface area contributed by atoms with Crippen LogP contribution in [0.3, 0.4) is 0 Å². The van der Waals surface area contributed by atoms with Gasteiger partial charge in [-0.2, -0.15) is 4.80 Å². The molecule has 0 atom stereocenters. The van der Waals surface area contributed by atoms with Crippen LogP contribution in [0, 0.1) is 0 Å². The third-order valence-electron chi connectivity index (χ3n) is 3.79. The molecular formula is C18H22N6O2. The third kappa shape index (κ3) is 3.96. The molecule has 0 saturated carbocycles. The molecule has 0 saturated heterocycles. The summed E-state index contributed by atoms with van der Waals surface area (Å²) in [6, 6.07) is 5.78. The summed E-state index contributed by atoms with van der Waals surface area (Å²) in [5.41, 5.74) is 1.80. The Balaban J connectivity index is 1.79. The highest BCUT2D eigenvalue weighted by atomic mass is 16.5. The van der Waals surface area contributed by atoms with Crippen LogP contribution >= 0.6 is 0 Å². The van der Waals surface area contributed by atoms with Gasteiger partial charge in [-0.1, -0.05) is 26.0 Å². The third-order valence-corrected chi connectivity index (χ3v) is 3.79. The molecule has 26 heavy (non-hydrogen) atoms. The summed E-state index contributed by atoms with van der Waals surface area (Å²) in [6.45, 7) is 6.69. The summed E-state index contributed by atoms with van der Waals surface area (Å²) in [7, 11) is 1.64. The second-order valence-electron chi connectivity index (χ2n) is 6.05. The highest BCUT2D eigenvalue weighted by Crippen LogP contribution is 2.26. The monoisotopic (exact) mass is 354 g/mol. The average molecular weight is 354 g/mol. The number of benzene rings is 1. The molecule has 1 aromatic carbocycles. The van der Waals surface area contributed by atoms with E-state index in [-0.39, 0.29) is 5.92 Å². The molecule has 2 heterocycles. The first-order valence-corrected chi connectivity index (χ1v) is 8.55. The summed E-state index contributed by atoms with van der Waals surface area (Å²) >= 11 is 0. The van der Waals surface area contributed by atoms with Crippen LogP contribution in [0.1, 0.15) is 44.0 Å². The van der Waals surface area contributed by atoms with Gasteiger partial charge in [-0.15, -0.1) is 20.4 Å². The van der Waals surface area contributed by atoms with Gasteiger partial charge in [-0.25, -0.2) is 0 Å². The first kappa shape index (κ1) is 17.8. The minimum Gasteiger partial charge on any atom is -0.496 e. The van der Waals surface area contributed by atoms with Crippen LogP contribution in [-0.2, 0) is 13.0 Å². The lowest BCUT2D eigenvalue weighted by molar-refractivity contribution is 0.414. The van der Waals surface area contributed by atoms with Crippen molar-refractivity contribution in [2.45, 2.75) is 39.7 Å². The maximum atomic E-state index is 5.61. The van der Waals surface area contributed by atoms with Gasteiger partial charge in [0, 0.05) is 23.5 Å². The largest absolute Gasteiger partial charge is 0.496 e. The maximum Gasteiger partial charge on any atom is 0.220 e. The van der Waals surface area contributed by atoms with E-state index in [1.54, 1.807) is 11.9 Å². The Labute approximate surface area is 151 Å². The van der Waals surface area contributed by atoms with E-state index in [4.69, 9.17) is 9.15 Å². The summed E-state index contributed by atoms with van der Waals surface area (Å²) in [5, 5.41) is 20.5. The van der Waals surface area contributed by atoms with Gasteiger partial charge in [0.25, 0.3) is 0 Å². The highest BCUT2D eigenvalue weighted by molar-refractivity contribution is 5.66. The molecule has 0 spiro atoms. The van der Waals surface area contributed by atoms with Crippen molar-refractivity contribution in [2.24, 2.45) is 0 Å². The zero-order valence-electron chi connectivity index (χ0n) is 15.4. The van der Waals surface area contributed by atoms with Crippen LogP contribution in [0.25, 0.3) is 17.5 Å². The van der Waals surface area contributed by atoms with E-state index in [0.29, 0.717) is 30.6 Å². The molecule has 0 bridgehead atoms. The SMILES string of the molecule is CCn1nnc(-c2ccc(OC)c(/C=C/Cc3nnc(C(C)C)o3)c2)n1. The van der Waals surface area contributed by atoms with Gasteiger partial charge < -0.3 is 9.15 Å². The van der Waals surface area contributed by atoms with E-state index >= 15 is 0 Å². The van der Waals surface area contributed by atoms with Crippen molar-refractivity contribution in [3.05, 3.63) is 41.6 Å². The van der Waals surface area contributed by atoms with E-state index in [1.165, 1.54) is 0 Å². The van der Waals surface area contributed by atoms with E-state index < -0.39 is 0 Å². The number of rotatable bonds is 7. The molecule has 3 aromatic rings. The van der Waals surface area contributed by atoms with E-state index in [9.17, 15) is 0 Å².